The number of hydrogen-bond acceptors (Lipinski definition) is 2. The molecule has 1 heterocycles. The summed E-state index contributed by atoms with van der Waals surface area (Å²) in [4.78, 5) is 4.00. The molecule has 2 N–H and O–H groups in total. The molecule has 1 rings (SSSR count). The molecule has 0 bridgehead atoms. The van der Waals surface area contributed by atoms with Gasteiger partial charge in [-0.15, -0.1) is 0 Å². The first-order valence-electron chi connectivity index (χ1n) is 3.42. The van der Waals surface area contributed by atoms with Gasteiger partial charge >= 0.3 is 0 Å². The van der Waals surface area contributed by atoms with Gasteiger partial charge in [0.05, 0.1) is 6.33 Å². The fourth-order valence-corrected chi connectivity index (χ4v) is 0.963. The zero-order valence-corrected chi connectivity index (χ0v) is 6.41. The average molecular weight is 139 g/mol. The zero-order chi connectivity index (χ0) is 7.56. The van der Waals surface area contributed by atoms with Crippen molar-refractivity contribution in [2.24, 2.45) is 12.8 Å². The van der Waals surface area contributed by atoms with Crippen LogP contribution in [0.4, 0.5) is 0 Å². The van der Waals surface area contributed by atoms with Crippen molar-refractivity contribution in [3.8, 4) is 0 Å². The van der Waals surface area contributed by atoms with Crippen LogP contribution in [0, 0.1) is 0 Å². The standard InChI is InChI=1S/C7H13N3/c1-6(3-8)7-4-9-5-10(7)2/h4-6H,3,8H2,1-2H3. The highest BCUT2D eigenvalue weighted by molar-refractivity contribution is 5.04. The first-order chi connectivity index (χ1) is 4.75. The minimum atomic E-state index is 0.410. The van der Waals surface area contributed by atoms with Crippen LogP contribution >= 0.6 is 0 Å². The van der Waals surface area contributed by atoms with Gasteiger partial charge in [-0.1, -0.05) is 6.92 Å². The molecule has 3 heteroatoms. The molecule has 0 saturated heterocycles. The van der Waals surface area contributed by atoms with E-state index in [1.165, 1.54) is 5.69 Å². The maximum atomic E-state index is 5.49. The zero-order valence-electron chi connectivity index (χ0n) is 6.41. The van der Waals surface area contributed by atoms with Crippen molar-refractivity contribution in [2.45, 2.75) is 12.8 Å². The van der Waals surface area contributed by atoms with Gasteiger partial charge in [0.1, 0.15) is 0 Å². The van der Waals surface area contributed by atoms with E-state index in [9.17, 15) is 0 Å². The number of aromatic nitrogens is 2. The molecule has 0 radical (unpaired) electrons. The molecule has 0 amide bonds. The van der Waals surface area contributed by atoms with Gasteiger partial charge in [0.25, 0.3) is 0 Å². The summed E-state index contributed by atoms with van der Waals surface area (Å²) in [6, 6.07) is 0. The molecule has 1 unspecified atom stereocenters. The summed E-state index contributed by atoms with van der Waals surface area (Å²) in [7, 11) is 1.98. The molecule has 0 aromatic carbocycles. The van der Waals surface area contributed by atoms with E-state index < -0.39 is 0 Å². The Kier molecular flexibility index (Phi) is 2.06. The van der Waals surface area contributed by atoms with Crippen LogP contribution in [0.2, 0.25) is 0 Å². The Bertz CT molecular complexity index is 204. The number of hydrogen-bond donors (Lipinski definition) is 1. The molecule has 0 spiro atoms. The fourth-order valence-electron chi connectivity index (χ4n) is 0.963. The van der Waals surface area contributed by atoms with Crippen LogP contribution in [0.3, 0.4) is 0 Å². The Labute approximate surface area is 60.9 Å². The van der Waals surface area contributed by atoms with E-state index in [-0.39, 0.29) is 0 Å². The molecule has 1 aromatic rings. The quantitative estimate of drug-likeness (QED) is 0.647. The summed E-state index contributed by atoms with van der Waals surface area (Å²) in [6.45, 7) is 2.77. The van der Waals surface area contributed by atoms with Crippen LogP contribution in [0.15, 0.2) is 12.5 Å². The second-order valence-corrected chi connectivity index (χ2v) is 2.57. The van der Waals surface area contributed by atoms with Crippen LogP contribution in [0.25, 0.3) is 0 Å². The van der Waals surface area contributed by atoms with E-state index in [0.29, 0.717) is 12.5 Å². The van der Waals surface area contributed by atoms with Crippen molar-refractivity contribution < 1.29 is 0 Å². The van der Waals surface area contributed by atoms with E-state index in [0.717, 1.165) is 0 Å². The third-order valence-corrected chi connectivity index (χ3v) is 1.71. The first-order valence-corrected chi connectivity index (χ1v) is 3.42. The summed E-state index contributed by atoms with van der Waals surface area (Å²) in [5.41, 5.74) is 6.69. The molecule has 1 aromatic heterocycles. The monoisotopic (exact) mass is 139 g/mol. The number of nitrogens with zero attached hydrogens (tertiary/aromatic N) is 2. The maximum Gasteiger partial charge on any atom is 0.0945 e. The van der Waals surface area contributed by atoms with Crippen LogP contribution in [0.5, 0.6) is 0 Å². The Morgan fingerprint density at radius 1 is 1.80 bits per heavy atom. The third kappa shape index (κ3) is 1.19. The number of aryl methyl sites for hydroxylation is 1. The topological polar surface area (TPSA) is 43.8 Å². The molecule has 0 aliphatic rings. The molecule has 0 aliphatic carbocycles. The highest BCUT2D eigenvalue weighted by atomic mass is 15.0. The van der Waals surface area contributed by atoms with Gasteiger partial charge in [-0.3, -0.25) is 0 Å². The van der Waals surface area contributed by atoms with Crippen molar-refractivity contribution in [3.05, 3.63) is 18.2 Å². The largest absolute Gasteiger partial charge is 0.337 e. The van der Waals surface area contributed by atoms with E-state index >= 15 is 0 Å². The summed E-state index contributed by atoms with van der Waals surface area (Å²) < 4.78 is 2.00. The van der Waals surface area contributed by atoms with Gasteiger partial charge in [-0.05, 0) is 0 Å². The SMILES string of the molecule is CC(CN)c1cncn1C. The summed E-state index contributed by atoms with van der Waals surface area (Å²) in [5, 5.41) is 0. The van der Waals surface area contributed by atoms with Crippen molar-refractivity contribution in [1.29, 1.82) is 0 Å². The lowest BCUT2D eigenvalue weighted by molar-refractivity contribution is 0.694. The molecule has 0 aliphatic heterocycles. The molecular formula is C7H13N3. The Balaban J connectivity index is 2.82. The molecule has 3 nitrogen and oxygen atoms in total. The molecule has 56 valence electrons. The number of imidazole rings is 1. The van der Waals surface area contributed by atoms with Gasteiger partial charge in [0.2, 0.25) is 0 Å². The van der Waals surface area contributed by atoms with Gasteiger partial charge in [-0.25, -0.2) is 4.98 Å². The van der Waals surface area contributed by atoms with Crippen molar-refractivity contribution in [2.75, 3.05) is 6.54 Å². The first kappa shape index (κ1) is 7.28. The second-order valence-electron chi connectivity index (χ2n) is 2.57. The molecule has 1 atom stereocenters. The second kappa shape index (κ2) is 2.84. The number of rotatable bonds is 2. The molecular weight excluding hydrogens is 126 g/mol. The van der Waals surface area contributed by atoms with Gasteiger partial charge in [0, 0.05) is 31.4 Å². The van der Waals surface area contributed by atoms with Crippen LogP contribution in [0.1, 0.15) is 18.5 Å². The molecule has 0 fully saturated rings. The van der Waals surface area contributed by atoms with Crippen molar-refractivity contribution >= 4 is 0 Å². The summed E-state index contributed by atoms with van der Waals surface area (Å²) in [5.74, 6) is 0.410. The smallest absolute Gasteiger partial charge is 0.0945 e. The normalized spacial score (nSPS) is 13.5. The number of nitrogens with two attached hydrogens (primary N) is 1. The summed E-state index contributed by atoms with van der Waals surface area (Å²) >= 11 is 0. The Hall–Kier alpha value is -0.830. The van der Waals surface area contributed by atoms with Crippen LogP contribution in [-0.4, -0.2) is 16.1 Å². The van der Waals surface area contributed by atoms with Gasteiger partial charge in [0.15, 0.2) is 0 Å². The van der Waals surface area contributed by atoms with E-state index in [1.54, 1.807) is 6.33 Å². The van der Waals surface area contributed by atoms with Gasteiger partial charge in [-0.2, -0.15) is 0 Å². The Morgan fingerprint density at radius 3 is 2.90 bits per heavy atom. The third-order valence-electron chi connectivity index (χ3n) is 1.71. The minimum absolute atomic E-state index is 0.410. The molecule has 10 heavy (non-hydrogen) atoms. The van der Waals surface area contributed by atoms with Crippen LogP contribution in [-0.2, 0) is 7.05 Å². The lowest BCUT2D eigenvalue weighted by atomic mass is 10.1. The van der Waals surface area contributed by atoms with E-state index in [4.69, 9.17) is 5.73 Å². The minimum Gasteiger partial charge on any atom is -0.337 e. The maximum absolute atomic E-state index is 5.49. The predicted molar refractivity (Wildman–Crippen MR) is 40.7 cm³/mol. The van der Waals surface area contributed by atoms with Crippen molar-refractivity contribution in [3.63, 3.8) is 0 Å². The van der Waals surface area contributed by atoms with E-state index in [2.05, 4.69) is 11.9 Å². The Morgan fingerprint density at radius 2 is 2.50 bits per heavy atom. The van der Waals surface area contributed by atoms with Gasteiger partial charge < -0.3 is 10.3 Å². The fraction of sp³-hybridized carbons (Fsp3) is 0.571. The lowest BCUT2D eigenvalue weighted by Gasteiger charge is -2.07. The highest BCUT2D eigenvalue weighted by Gasteiger charge is 2.05. The summed E-state index contributed by atoms with van der Waals surface area (Å²) in [6.07, 6.45) is 3.65. The van der Waals surface area contributed by atoms with Crippen molar-refractivity contribution in [1.82, 2.24) is 9.55 Å². The van der Waals surface area contributed by atoms with Crippen LogP contribution < -0.4 is 5.73 Å². The molecule has 0 saturated carbocycles. The highest BCUT2D eigenvalue weighted by Crippen LogP contribution is 2.10. The predicted octanol–water partition coefficient (Wildman–Crippen LogP) is 0.482. The lowest BCUT2D eigenvalue weighted by Crippen LogP contribution is -2.11. The van der Waals surface area contributed by atoms with E-state index in [1.807, 2.05) is 17.8 Å². The average Bonchev–Trinajstić information content (AvgIpc) is 2.34.